The van der Waals surface area contributed by atoms with E-state index in [4.69, 9.17) is 32.9 Å². The third-order valence-corrected chi connectivity index (χ3v) is 7.58. The van der Waals surface area contributed by atoms with E-state index in [1.165, 1.54) is 0 Å². The van der Waals surface area contributed by atoms with Crippen LogP contribution in [0.25, 0.3) is 33.5 Å². The first kappa shape index (κ1) is 26.1. The van der Waals surface area contributed by atoms with Crippen LogP contribution in [0, 0.1) is 0 Å². The molecule has 0 fully saturated rings. The Morgan fingerprint density at radius 1 is 0.950 bits per heavy atom. The van der Waals surface area contributed by atoms with Crippen LogP contribution in [-0.2, 0) is 0 Å². The maximum Gasteiger partial charge on any atom is 0.251 e. The number of halogens is 2. The zero-order valence-electron chi connectivity index (χ0n) is 21.9. The van der Waals surface area contributed by atoms with Gasteiger partial charge in [-0.2, -0.15) is 5.10 Å². The average molecular weight is 569 g/mol. The first-order chi connectivity index (χ1) is 19.3. The molecule has 0 saturated heterocycles. The van der Waals surface area contributed by atoms with Gasteiger partial charge < -0.3 is 10.1 Å². The number of hydrogen-bond donors (Lipinski definition) is 2. The zero-order chi connectivity index (χ0) is 27.9. The summed E-state index contributed by atoms with van der Waals surface area (Å²) in [6.07, 6.45) is 4.16. The van der Waals surface area contributed by atoms with E-state index in [0.717, 1.165) is 33.4 Å². The molecule has 3 heterocycles. The Kier molecular flexibility index (Phi) is 6.82. The van der Waals surface area contributed by atoms with Gasteiger partial charge in [0, 0.05) is 45.5 Å². The molecule has 2 aromatic heterocycles. The summed E-state index contributed by atoms with van der Waals surface area (Å²) in [6.45, 7) is 4.00. The Balaban J connectivity index is 1.49. The molecular formula is C32H26Cl2N4O2. The number of hydrogen-bond acceptors (Lipinski definition) is 4. The minimum Gasteiger partial charge on any atom is -0.471 e. The molecular weight excluding hydrogens is 543 g/mol. The van der Waals surface area contributed by atoms with Crippen LogP contribution < -0.4 is 10.1 Å². The molecule has 40 heavy (non-hydrogen) atoms. The number of amides is 1. The molecule has 0 bridgehead atoms. The van der Waals surface area contributed by atoms with Crippen molar-refractivity contribution >= 4 is 29.1 Å². The van der Waals surface area contributed by atoms with E-state index in [0.29, 0.717) is 33.6 Å². The summed E-state index contributed by atoms with van der Waals surface area (Å²) in [4.78, 5) is 18.2. The van der Waals surface area contributed by atoms with Gasteiger partial charge >= 0.3 is 0 Å². The van der Waals surface area contributed by atoms with Crippen molar-refractivity contribution in [2.75, 3.05) is 0 Å². The van der Waals surface area contributed by atoms with Crippen LogP contribution in [0.1, 0.15) is 42.2 Å². The molecule has 1 unspecified atom stereocenters. The number of pyridine rings is 1. The van der Waals surface area contributed by atoms with Gasteiger partial charge in [-0.25, -0.2) is 4.98 Å². The highest BCUT2D eigenvalue weighted by atomic mass is 35.5. The van der Waals surface area contributed by atoms with E-state index in [9.17, 15) is 4.79 Å². The molecule has 6 nitrogen and oxygen atoms in total. The normalized spacial score (nSPS) is 15.7. The van der Waals surface area contributed by atoms with Crippen molar-refractivity contribution in [1.82, 2.24) is 20.5 Å². The minimum atomic E-state index is -0.553. The van der Waals surface area contributed by atoms with Crippen LogP contribution in [0.4, 0.5) is 0 Å². The number of aromatic nitrogens is 3. The SMILES string of the molecule is CC1(C)CC(NC(=O)c2ccccc2)c2cc(-c3ccc(Cl)cc3)c(-c3ccc(-c4cn[nH]c4)cc3Cl)nc2O1. The lowest BCUT2D eigenvalue weighted by atomic mass is 9.88. The van der Waals surface area contributed by atoms with E-state index < -0.39 is 5.60 Å². The third-order valence-electron chi connectivity index (χ3n) is 7.01. The van der Waals surface area contributed by atoms with Crippen LogP contribution in [0.3, 0.4) is 0 Å². The molecule has 8 heteroatoms. The van der Waals surface area contributed by atoms with Gasteiger partial charge in [-0.15, -0.1) is 0 Å². The lowest BCUT2D eigenvalue weighted by molar-refractivity contribution is 0.0572. The van der Waals surface area contributed by atoms with Gasteiger partial charge in [0.15, 0.2) is 0 Å². The second-order valence-corrected chi connectivity index (χ2v) is 11.3. The largest absolute Gasteiger partial charge is 0.471 e. The molecule has 200 valence electrons. The van der Waals surface area contributed by atoms with Gasteiger partial charge in [0.1, 0.15) is 5.60 Å². The van der Waals surface area contributed by atoms with Gasteiger partial charge in [-0.1, -0.05) is 65.7 Å². The number of nitrogens with zero attached hydrogens (tertiary/aromatic N) is 2. The summed E-state index contributed by atoms with van der Waals surface area (Å²) in [7, 11) is 0. The average Bonchev–Trinajstić information content (AvgIpc) is 3.48. The number of carbonyl (C=O) groups excluding carboxylic acids is 1. The number of H-pyrrole nitrogens is 1. The smallest absolute Gasteiger partial charge is 0.251 e. The standard InChI is InChI=1S/C32H26Cl2N4O2/c1-32(2)16-28(37-30(39)20-6-4-3-5-7-20)26-15-25(19-8-11-23(33)12-9-19)29(38-31(26)40-32)24-13-10-21(14-27(24)34)22-17-35-36-18-22/h3-15,17-18,28H,16H2,1-2H3,(H,35,36)(H,37,39). The van der Waals surface area contributed by atoms with Crippen molar-refractivity contribution in [1.29, 1.82) is 0 Å². The molecule has 5 aromatic rings. The number of fused-ring (bicyclic) bond motifs is 1. The van der Waals surface area contributed by atoms with Crippen molar-refractivity contribution in [3.63, 3.8) is 0 Å². The molecule has 1 aliphatic heterocycles. The van der Waals surface area contributed by atoms with Crippen LogP contribution in [-0.4, -0.2) is 26.7 Å². The molecule has 0 aliphatic carbocycles. The second kappa shape index (κ2) is 10.5. The molecule has 1 amide bonds. The maximum atomic E-state index is 13.2. The summed E-state index contributed by atoms with van der Waals surface area (Å²) in [5.41, 5.74) is 5.94. The van der Waals surface area contributed by atoms with Crippen molar-refractivity contribution in [3.8, 4) is 39.4 Å². The highest BCUT2D eigenvalue weighted by Crippen LogP contribution is 2.45. The van der Waals surface area contributed by atoms with Crippen LogP contribution >= 0.6 is 23.2 Å². The van der Waals surface area contributed by atoms with Gasteiger partial charge in [0.25, 0.3) is 5.91 Å². The number of ether oxygens (including phenoxy) is 1. The predicted octanol–water partition coefficient (Wildman–Crippen LogP) is 8.14. The predicted molar refractivity (Wildman–Crippen MR) is 159 cm³/mol. The number of benzene rings is 3. The second-order valence-electron chi connectivity index (χ2n) is 10.4. The molecule has 3 aromatic carbocycles. The fourth-order valence-electron chi connectivity index (χ4n) is 5.06. The highest BCUT2D eigenvalue weighted by molar-refractivity contribution is 6.33. The molecule has 0 saturated carbocycles. The Bertz CT molecular complexity index is 1680. The van der Waals surface area contributed by atoms with Crippen molar-refractivity contribution in [3.05, 3.63) is 112 Å². The van der Waals surface area contributed by atoms with Crippen molar-refractivity contribution in [2.24, 2.45) is 0 Å². The van der Waals surface area contributed by atoms with Crippen molar-refractivity contribution in [2.45, 2.75) is 31.9 Å². The molecule has 2 N–H and O–H groups in total. The quantitative estimate of drug-likeness (QED) is 0.224. The van der Waals surface area contributed by atoms with Crippen LogP contribution in [0.2, 0.25) is 10.0 Å². The summed E-state index contributed by atoms with van der Waals surface area (Å²) in [6, 6.07) is 24.4. The summed E-state index contributed by atoms with van der Waals surface area (Å²) >= 11 is 13.1. The van der Waals surface area contributed by atoms with E-state index in [2.05, 4.69) is 15.5 Å². The number of nitrogens with one attached hydrogen (secondary N) is 2. The topological polar surface area (TPSA) is 79.9 Å². The molecule has 1 atom stereocenters. The summed E-state index contributed by atoms with van der Waals surface area (Å²) in [5.74, 6) is 0.321. The van der Waals surface area contributed by atoms with E-state index in [1.54, 1.807) is 18.3 Å². The lowest BCUT2D eigenvalue weighted by Gasteiger charge is -2.37. The highest BCUT2D eigenvalue weighted by Gasteiger charge is 2.37. The van der Waals surface area contributed by atoms with Gasteiger partial charge in [0.2, 0.25) is 5.88 Å². The van der Waals surface area contributed by atoms with E-state index >= 15 is 0 Å². The molecule has 1 aliphatic rings. The zero-order valence-corrected chi connectivity index (χ0v) is 23.4. The fourth-order valence-corrected chi connectivity index (χ4v) is 5.45. The molecule has 6 rings (SSSR count). The van der Waals surface area contributed by atoms with Gasteiger partial charge in [0.05, 0.1) is 23.0 Å². The minimum absolute atomic E-state index is 0.149. The Labute approximate surface area is 242 Å². The monoisotopic (exact) mass is 568 g/mol. The Hall–Kier alpha value is -4.13. The summed E-state index contributed by atoms with van der Waals surface area (Å²) < 4.78 is 6.39. The van der Waals surface area contributed by atoms with Gasteiger partial charge in [-0.05, 0) is 61.4 Å². The number of carbonyl (C=O) groups is 1. The Morgan fingerprint density at radius 3 is 2.40 bits per heavy atom. The summed E-state index contributed by atoms with van der Waals surface area (Å²) in [5, 5.41) is 11.3. The van der Waals surface area contributed by atoms with Crippen LogP contribution in [0.5, 0.6) is 5.88 Å². The Morgan fingerprint density at radius 2 is 1.70 bits per heavy atom. The van der Waals surface area contributed by atoms with E-state index in [1.807, 2.05) is 86.8 Å². The number of rotatable bonds is 5. The first-order valence-electron chi connectivity index (χ1n) is 12.9. The first-order valence-corrected chi connectivity index (χ1v) is 13.7. The van der Waals surface area contributed by atoms with E-state index in [-0.39, 0.29) is 11.9 Å². The third kappa shape index (κ3) is 5.20. The molecule has 0 radical (unpaired) electrons. The fraction of sp³-hybridized carbons (Fsp3) is 0.156. The van der Waals surface area contributed by atoms with Gasteiger partial charge in [-0.3, -0.25) is 9.89 Å². The van der Waals surface area contributed by atoms with Crippen molar-refractivity contribution < 1.29 is 9.53 Å². The molecule has 0 spiro atoms. The number of aromatic amines is 1. The van der Waals surface area contributed by atoms with Crippen LogP contribution in [0.15, 0.2) is 91.3 Å². The maximum absolute atomic E-state index is 13.2. The lowest BCUT2D eigenvalue weighted by Crippen LogP contribution is -2.41.